The van der Waals surface area contributed by atoms with Crippen LogP contribution in [0, 0.1) is 13.8 Å². The Labute approximate surface area is 190 Å². The van der Waals surface area contributed by atoms with Crippen molar-refractivity contribution < 1.29 is 9.59 Å². The summed E-state index contributed by atoms with van der Waals surface area (Å²) in [5.41, 5.74) is 3.46. The number of hydrogen-bond acceptors (Lipinski definition) is 4. The molecule has 0 aliphatic heterocycles. The van der Waals surface area contributed by atoms with E-state index in [2.05, 4.69) is 15.6 Å². The second-order valence-electron chi connectivity index (χ2n) is 7.47. The van der Waals surface area contributed by atoms with Gasteiger partial charge in [0, 0.05) is 24.2 Å². The Morgan fingerprint density at radius 2 is 1.44 bits per heavy atom. The van der Waals surface area contributed by atoms with Gasteiger partial charge in [0.1, 0.15) is 5.57 Å². The SMILES string of the molecule is Cc1cn2c(C=C(C(=O)NCc3ccccc3)C(=O)NCc3ccccc3)c(C)nc2s1. The molecule has 4 rings (SSSR count). The number of thiazole rings is 1. The van der Waals surface area contributed by atoms with Gasteiger partial charge in [0.15, 0.2) is 4.96 Å². The van der Waals surface area contributed by atoms with Gasteiger partial charge in [-0.2, -0.15) is 0 Å². The topological polar surface area (TPSA) is 75.5 Å². The summed E-state index contributed by atoms with van der Waals surface area (Å²) in [4.78, 5) is 32.7. The van der Waals surface area contributed by atoms with Crippen molar-refractivity contribution in [2.45, 2.75) is 26.9 Å². The first-order valence-corrected chi connectivity index (χ1v) is 11.1. The Balaban J connectivity index is 1.61. The zero-order valence-corrected chi connectivity index (χ0v) is 18.8. The molecule has 162 valence electrons. The minimum Gasteiger partial charge on any atom is -0.348 e. The summed E-state index contributed by atoms with van der Waals surface area (Å²) < 4.78 is 1.92. The van der Waals surface area contributed by atoms with Crippen LogP contribution < -0.4 is 10.6 Å². The molecule has 0 radical (unpaired) electrons. The average Bonchev–Trinajstić information content (AvgIpc) is 3.30. The standard InChI is InChI=1S/C25H24N4O2S/c1-17-16-29-22(18(2)28-25(29)32-17)13-21(23(30)26-14-19-9-5-3-6-10-19)24(31)27-15-20-11-7-4-8-12-20/h3-13,16H,14-15H2,1-2H3,(H,26,30)(H,27,31). The summed E-state index contributed by atoms with van der Waals surface area (Å²) in [6, 6.07) is 19.2. The third-order valence-corrected chi connectivity index (χ3v) is 5.92. The van der Waals surface area contributed by atoms with Crippen molar-refractivity contribution in [1.82, 2.24) is 20.0 Å². The van der Waals surface area contributed by atoms with Crippen LogP contribution in [0.1, 0.15) is 27.4 Å². The van der Waals surface area contributed by atoms with Gasteiger partial charge in [0.25, 0.3) is 11.8 Å². The molecule has 6 nitrogen and oxygen atoms in total. The molecule has 2 aromatic heterocycles. The lowest BCUT2D eigenvalue weighted by molar-refractivity contribution is -0.123. The van der Waals surface area contributed by atoms with Crippen LogP contribution in [0.4, 0.5) is 0 Å². The first kappa shape index (κ1) is 21.5. The molecule has 4 aromatic rings. The smallest absolute Gasteiger partial charge is 0.257 e. The largest absolute Gasteiger partial charge is 0.348 e. The van der Waals surface area contributed by atoms with E-state index in [9.17, 15) is 9.59 Å². The lowest BCUT2D eigenvalue weighted by Crippen LogP contribution is -2.34. The van der Waals surface area contributed by atoms with E-state index in [1.165, 1.54) is 0 Å². The molecule has 0 aliphatic rings. The molecular weight excluding hydrogens is 420 g/mol. The van der Waals surface area contributed by atoms with E-state index < -0.39 is 11.8 Å². The fourth-order valence-electron chi connectivity index (χ4n) is 3.37. The number of hydrogen-bond donors (Lipinski definition) is 2. The molecule has 0 aliphatic carbocycles. The molecule has 2 N–H and O–H groups in total. The number of aryl methyl sites for hydroxylation is 2. The number of rotatable bonds is 7. The fraction of sp³-hybridized carbons (Fsp3) is 0.160. The monoisotopic (exact) mass is 444 g/mol. The van der Waals surface area contributed by atoms with Gasteiger partial charge in [-0.3, -0.25) is 14.0 Å². The maximum absolute atomic E-state index is 13.1. The van der Waals surface area contributed by atoms with E-state index >= 15 is 0 Å². The van der Waals surface area contributed by atoms with Crippen LogP contribution in [0.2, 0.25) is 0 Å². The van der Waals surface area contributed by atoms with Crippen LogP contribution in [0.25, 0.3) is 11.0 Å². The summed E-state index contributed by atoms with van der Waals surface area (Å²) in [5.74, 6) is -0.860. The van der Waals surface area contributed by atoms with Crippen molar-refractivity contribution >= 4 is 34.2 Å². The highest BCUT2D eigenvalue weighted by Gasteiger charge is 2.20. The first-order chi connectivity index (χ1) is 15.5. The highest BCUT2D eigenvalue weighted by atomic mass is 32.1. The lowest BCUT2D eigenvalue weighted by Gasteiger charge is -2.11. The maximum atomic E-state index is 13.1. The molecule has 0 saturated carbocycles. The molecule has 0 atom stereocenters. The summed E-state index contributed by atoms with van der Waals surface area (Å²) in [5, 5.41) is 5.74. The number of benzene rings is 2. The molecule has 7 heteroatoms. The van der Waals surface area contributed by atoms with Gasteiger partial charge >= 0.3 is 0 Å². The van der Waals surface area contributed by atoms with Crippen LogP contribution in [0.3, 0.4) is 0 Å². The normalized spacial score (nSPS) is 10.7. The Hall–Kier alpha value is -3.71. The van der Waals surface area contributed by atoms with Crippen molar-refractivity contribution in [1.29, 1.82) is 0 Å². The Morgan fingerprint density at radius 3 is 1.97 bits per heavy atom. The van der Waals surface area contributed by atoms with Gasteiger partial charge in [-0.15, -0.1) is 11.3 Å². The number of nitrogens with zero attached hydrogens (tertiary/aromatic N) is 2. The van der Waals surface area contributed by atoms with E-state index in [0.717, 1.165) is 32.4 Å². The van der Waals surface area contributed by atoms with E-state index in [4.69, 9.17) is 0 Å². The van der Waals surface area contributed by atoms with E-state index in [0.29, 0.717) is 13.1 Å². The van der Waals surface area contributed by atoms with E-state index in [-0.39, 0.29) is 5.57 Å². The highest BCUT2D eigenvalue weighted by molar-refractivity contribution is 7.17. The molecule has 0 saturated heterocycles. The van der Waals surface area contributed by atoms with Crippen LogP contribution in [0.15, 0.2) is 72.4 Å². The van der Waals surface area contributed by atoms with Crippen LogP contribution in [0.5, 0.6) is 0 Å². The van der Waals surface area contributed by atoms with Crippen LogP contribution in [-0.2, 0) is 22.7 Å². The summed E-state index contributed by atoms with van der Waals surface area (Å²) in [7, 11) is 0. The molecule has 0 fully saturated rings. The van der Waals surface area contributed by atoms with E-state index in [1.54, 1.807) is 17.4 Å². The second kappa shape index (κ2) is 9.62. The number of carbonyl (C=O) groups excluding carboxylic acids is 2. The predicted molar refractivity (Wildman–Crippen MR) is 127 cm³/mol. The molecule has 0 spiro atoms. The maximum Gasteiger partial charge on any atom is 0.257 e. The quantitative estimate of drug-likeness (QED) is 0.257. The number of imidazole rings is 1. The Kier molecular flexibility index (Phi) is 6.47. The van der Waals surface area contributed by atoms with Gasteiger partial charge in [-0.1, -0.05) is 60.7 Å². The van der Waals surface area contributed by atoms with Crippen molar-refractivity contribution in [2.75, 3.05) is 0 Å². The van der Waals surface area contributed by atoms with Crippen LogP contribution >= 0.6 is 11.3 Å². The molecule has 2 heterocycles. The summed E-state index contributed by atoms with van der Waals surface area (Å²) in [6.07, 6.45) is 3.59. The molecule has 0 bridgehead atoms. The molecular formula is C25H24N4O2S. The first-order valence-electron chi connectivity index (χ1n) is 10.3. The van der Waals surface area contributed by atoms with Crippen LogP contribution in [-0.4, -0.2) is 21.2 Å². The number of aromatic nitrogens is 2. The minimum absolute atomic E-state index is 0.0469. The van der Waals surface area contributed by atoms with Gasteiger partial charge in [-0.25, -0.2) is 4.98 Å². The molecule has 0 unspecified atom stereocenters. The summed E-state index contributed by atoms with van der Waals surface area (Å²) >= 11 is 1.57. The predicted octanol–water partition coefficient (Wildman–Crippen LogP) is 4.03. The lowest BCUT2D eigenvalue weighted by atomic mass is 10.1. The van der Waals surface area contributed by atoms with Gasteiger partial charge in [-0.05, 0) is 31.1 Å². The second-order valence-corrected chi connectivity index (χ2v) is 8.68. The minimum atomic E-state index is -0.430. The third kappa shape index (κ3) is 4.95. The van der Waals surface area contributed by atoms with Crippen molar-refractivity contribution in [3.63, 3.8) is 0 Å². The number of carbonyl (C=O) groups is 2. The van der Waals surface area contributed by atoms with E-state index in [1.807, 2.05) is 85.1 Å². The van der Waals surface area contributed by atoms with Gasteiger partial charge < -0.3 is 10.6 Å². The van der Waals surface area contributed by atoms with Gasteiger partial charge in [0.05, 0.1) is 11.4 Å². The van der Waals surface area contributed by atoms with Crippen molar-refractivity contribution in [3.05, 3.63) is 99.8 Å². The molecule has 2 amide bonds. The fourth-order valence-corrected chi connectivity index (χ4v) is 4.25. The third-order valence-electron chi connectivity index (χ3n) is 5.02. The number of fused-ring (bicyclic) bond motifs is 1. The Bertz CT molecular complexity index is 1220. The zero-order chi connectivity index (χ0) is 22.5. The highest BCUT2D eigenvalue weighted by Crippen LogP contribution is 2.22. The number of amides is 2. The van der Waals surface area contributed by atoms with Gasteiger partial charge in [0.2, 0.25) is 0 Å². The van der Waals surface area contributed by atoms with Crippen molar-refractivity contribution in [2.24, 2.45) is 0 Å². The Morgan fingerprint density at radius 1 is 0.906 bits per heavy atom. The molecule has 32 heavy (non-hydrogen) atoms. The summed E-state index contributed by atoms with van der Waals surface area (Å²) in [6.45, 7) is 4.55. The van der Waals surface area contributed by atoms with Crippen molar-refractivity contribution in [3.8, 4) is 0 Å². The molecule has 2 aromatic carbocycles. The number of nitrogens with one attached hydrogen (secondary N) is 2. The average molecular weight is 445 g/mol. The zero-order valence-electron chi connectivity index (χ0n) is 18.0.